The van der Waals surface area contributed by atoms with Crippen molar-refractivity contribution in [1.82, 2.24) is 4.98 Å². The largest absolute Gasteiger partial charge is 0.244 e. The molecular weight excluding hydrogens is 257 g/mol. The van der Waals surface area contributed by atoms with Crippen molar-refractivity contribution in [1.29, 1.82) is 0 Å². The Balaban J connectivity index is 2.95. The fourth-order valence-electron chi connectivity index (χ4n) is 0.852. The number of halogens is 1. The molecule has 1 nitrogen and oxygen atoms in total. The van der Waals surface area contributed by atoms with Crippen molar-refractivity contribution < 1.29 is 0 Å². The normalized spacial score (nSPS) is 10.5. The molecule has 1 heterocycles. The number of thiazole rings is 1. The first kappa shape index (κ1) is 6.54. The maximum absolute atomic E-state index is 4.23. The molecule has 0 saturated carbocycles. The lowest BCUT2D eigenvalue weighted by atomic mass is 10.3. The number of hydrogen-bond acceptors (Lipinski definition) is 2. The lowest BCUT2D eigenvalue weighted by Gasteiger charge is -1.88. The molecule has 0 fully saturated rings. The third-order valence-electron chi connectivity index (χ3n) is 1.31. The van der Waals surface area contributed by atoms with Crippen LogP contribution in [-0.4, -0.2) is 4.98 Å². The lowest BCUT2D eigenvalue weighted by Crippen LogP contribution is -1.71. The maximum Gasteiger partial charge on any atom is 0.0945 e. The van der Waals surface area contributed by atoms with E-state index in [-0.39, 0.29) is 0 Å². The Morgan fingerprint density at radius 1 is 1.40 bits per heavy atom. The van der Waals surface area contributed by atoms with Crippen LogP contribution >= 0.6 is 33.9 Å². The van der Waals surface area contributed by atoms with E-state index in [2.05, 4.69) is 45.8 Å². The molecular formula is C7H4INS. The van der Waals surface area contributed by atoms with E-state index in [0.29, 0.717) is 0 Å². The summed E-state index contributed by atoms with van der Waals surface area (Å²) >= 11 is 3.98. The molecule has 0 radical (unpaired) electrons. The highest BCUT2D eigenvalue weighted by Gasteiger charge is 1.97. The van der Waals surface area contributed by atoms with Crippen molar-refractivity contribution >= 4 is 44.1 Å². The fourth-order valence-corrected chi connectivity index (χ4v) is 2.38. The second-order valence-electron chi connectivity index (χ2n) is 1.94. The van der Waals surface area contributed by atoms with Crippen molar-refractivity contribution in [3.05, 3.63) is 27.3 Å². The van der Waals surface area contributed by atoms with Gasteiger partial charge in [-0.3, -0.25) is 0 Å². The zero-order valence-corrected chi connectivity index (χ0v) is 8.02. The summed E-state index contributed by atoms with van der Waals surface area (Å²) in [5.41, 5.74) is 3.01. The van der Waals surface area contributed by atoms with Gasteiger partial charge in [0.05, 0.1) is 15.7 Å². The van der Waals surface area contributed by atoms with Gasteiger partial charge in [0.25, 0.3) is 0 Å². The van der Waals surface area contributed by atoms with E-state index < -0.39 is 0 Å². The van der Waals surface area contributed by atoms with Crippen molar-refractivity contribution in [2.75, 3.05) is 0 Å². The first-order valence-electron chi connectivity index (χ1n) is 2.85. The third kappa shape index (κ3) is 0.932. The van der Waals surface area contributed by atoms with Crippen LogP contribution in [0.25, 0.3) is 10.2 Å². The van der Waals surface area contributed by atoms with Gasteiger partial charge in [-0.15, -0.1) is 11.3 Å². The first-order valence-corrected chi connectivity index (χ1v) is 4.81. The van der Waals surface area contributed by atoms with Gasteiger partial charge in [-0.1, -0.05) is 6.07 Å². The van der Waals surface area contributed by atoms with Gasteiger partial charge in [0.1, 0.15) is 0 Å². The number of aromatic nitrogens is 1. The van der Waals surface area contributed by atoms with Gasteiger partial charge in [0.15, 0.2) is 0 Å². The molecule has 1 aromatic heterocycles. The van der Waals surface area contributed by atoms with Crippen LogP contribution in [0.1, 0.15) is 0 Å². The van der Waals surface area contributed by atoms with Crippen molar-refractivity contribution in [3.8, 4) is 0 Å². The number of nitrogens with zero attached hydrogens (tertiary/aromatic N) is 1. The lowest BCUT2D eigenvalue weighted by molar-refractivity contribution is 1.48. The quantitative estimate of drug-likeness (QED) is 0.664. The van der Waals surface area contributed by atoms with Crippen LogP contribution in [-0.2, 0) is 0 Å². The van der Waals surface area contributed by atoms with Crippen LogP contribution in [0.5, 0.6) is 0 Å². The first-order chi connectivity index (χ1) is 4.88. The molecule has 0 amide bonds. The molecule has 10 heavy (non-hydrogen) atoms. The summed E-state index contributed by atoms with van der Waals surface area (Å²) in [6.07, 6.45) is 0. The monoisotopic (exact) mass is 261 g/mol. The van der Waals surface area contributed by atoms with Crippen LogP contribution in [0.4, 0.5) is 0 Å². The molecule has 0 aliphatic carbocycles. The summed E-state index contributed by atoms with van der Waals surface area (Å²) in [5, 5.41) is 0. The highest BCUT2D eigenvalue weighted by atomic mass is 127. The molecule has 0 atom stereocenters. The molecule has 0 bridgehead atoms. The van der Waals surface area contributed by atoms with E-state index >= 15 is 0 Å². The van der Waals surface area contributed by atoms with E-state index in [0.717, 1.165) is 5.52 Å². The Morgan fingerprint density at radius 2 is 2.30 bits per heavy atom. The zero-order chi connectivity index (χ0) is 6.97. The highest BCUT2D eigenvalue weighted by Crippen LogP contribution is 2.21. The average Bonchev–Trinajstić information content (AvgIpc) is 2.36. The molecule has 0 spiro atoms. The summed E-state index contributed by atoms with van der Waals surface area (Å²) in [7, 11) is 0. The molecule has 0 saturated heterocycles. The average molecular weight is 261 g/mol. The minimum Gasteiger partial charge on any atom is -0.244 e. The molecule has 1 aromatic carbocycles. The van der Waals surface area contributed by atoms with Gasteiger partial charge in [0, 0.05) is 3.57 Å². The molecule has 2 rings (SSSR count). The summed E-state index contributed by atoms with van der Waals surface area (Å²) < 4.78 is 2.50. The number of benzene rings is 1. The zero-order valence-electron chi connectivity index (χ0n) is 5.04. The van der Waals surface area contributed by atoms with E-state index in [9.17, 15) is 0 Å². The molecule has 0 unspecified atom stereocenters. The molecule has 3 heteroatoms. The topological polar surface area (TPSA) is 12.9 Å². The van der Waals surface area contributed by atoms with Gasteiger partial charge in [-0.2, -0.15) is 0 Å². The molecule has 2 aromatic rings. The molecule has 50 valence electrons. The van der Waals surface area contributed by atoms with E-state index in [1.165, 1.54) is 8.27 Å². The summed E-state index contributed by atoms with van der Waals surface area (Å²) in [6.45, 7) is 0. The summed E-state index contributed by atoms with van der Waals surface area (Å²) in [6, 6.07) is 6.22. The van der Waals surface area contributed by atoms with Crippen LogP contribution in [0.2, 0.25) is 0 Å². The minimum atomic E-state index is 1.13. The van der Waals surface area contributed by atoms with Gasteiger partial charge >= 0.3 is 0 Å². The smallest absolute Gasteiger partial charge is 0.0945 e. The highest BCUT2D eigenvalue weighted by molar-refractivity contribution is 14.1. The summed E-state index contributed by atoms with van der Waals surface area (Å²) in [5.74, 6) is 0. The SMILES string of the molecule is Ic1cccc2scnc12. The Labute approximate surface area is 76.2 Å². The van der Waals surface area contributed by atoms with Crippen LogP contribution in [0.3, 0.4) is 0 Å². The molecule has 0 aliphatic heterocycles. The number of hydrogen-bond donors (Lipinski definition) is 0. The van der Waals surface area contributed by atoms with Gasteiger partial charge < -0.3 is 0 Å². The number of fused-ring (bicyclic) bond motifs is 1. The van der Waals surface area contributed by atoms with Crippen LogP contribution in [0.15, 0.2) is 23.7 Å². The third-order valence-corrected chi connectivity index (χ3v) is 2.98. The maximum atomic E-state index is 4.23. The number of para-hydroxylation sites is 1. The standard InChI is InChI=1S/C7H4INS/c8-5-2-1-3-6-7(5)9-4-10-6/h1-4H. The van der Waals surface area contributed by atoms with E-state index in [1.54, 1.807) is 11.3 Å². The summed E-state index contributed by atoms with van der Waals surface area (Å²) in [4.78, 5) is 4.23. The fraction of sp³-hybridized carbons (Fsp3) is 0. The van der Waals surface area contributed by atoms with E-state index in [1.807, 2.05) is 5.51 Å². The van der Waals surface area contributed by atoms with E-state index in [4.69, 9.17) is 0 Å². The Bertz CT molecular complexity index is 355. The second kappa shape index (κ2) is 2.47. The Kier molecular flexibility index (Phi) is 1.61. The number of rotatable bonds is 0. The van der Waals surface area contributed by atoms with Gasteiger partial charge in [-0.25, -0.2) is 4.98 Å². The Hall–Kier alpha value is -0.160. The molecule has 0 aliphatic rings. The van der Waals surface area contributed by atoms with Crippen LogP contribution in [0, 0.1) is 3.57 Å². The second-order valence-corrected chi connectivity index (χ2v) is 3.99. The van der Waals surface area contributed by atoms with Crippen LogP contribution < -0.4 is 0 Å². The van der Waals surface area contributed by atoms with Gasteiger partial charge in [-0.05, 0) is 34.7 Å². The molecule has 0 N–H and O–H groups in total. The van der Waals surface area contributed by atoms with Crippen molar-refractivity contribution in [2.45, 2.75) is 0 Å². The predicted molar refractivity (Wildman–Crippen MR) is 52.3 cm³/mol. The van der Waals surface area contributed by atoms with Crippen molar-refractivity contribution in [3.63, 3.8) is 0 Å². The predicted octanol–water partition coefficient (Wildman–Crippen LogP) is 2.90. The minimum absolute atomic E-state index is 1.13. The Morgan fingerprint density at radius 3 is 3.10 bits per heavy atom. The van der Waals surface area contributed by atoms with Crippen molar-refractivity contribution in [2.24, 2.45) is 0 Å². The van der Waals surface area contributed by atoms with Gasteiger partial charge in [0.2, 0.25) is 0 Å².